The molecule has 0 atom stereocenters. The molecule has 21 heavy (non-hydrogen) atoms. The zero-order chi connectivity index (χ0) is 14.9. The van der Waals surface area contributed by atoms with Crippen LogP contribution in [0.4, 0.5) is 4.79 Å². The SMILES string of the molecule is O=C(NCCCCc1ccccc1)N1CCC(CO)CC1. The number of urea groups is 1. The van der Waals surface area contributed by atoms with Gasteiger partial charge in [-0.15, -0.1) is 0 Å². The van der Waals surface area contributed by atoms with E-state index in [-0.39, 0.29) is 12.6 Å². The van der Waals surface area contributed by atoms with Crippen LogP contribution < -0.4 is 5.32 Å². The van der Waals surface area contributed by atoms with Gasteiger partial charge in [0.05, 0.1) is 0 Å². The largest absolute Gasteiger partial charge is 0.396 e. The second-order valence-electron chi connectivity index (χ2n) is 5.79. The molecule has 1 heterocycles. The Bertz CT molecular complexity index is 414. The normalized spacial score (nSPS) is 16.0. The summed E-state index contributed by atoms with van der Waals surface area (Å²) in [4.78, 5) is 13.8. The van der Waals surface area contributed by atoms with E-state index in [4.69, 9.17) is 5.11 Å². The number of carbonyl (C=O) groups is 1. The summed E-state index contributed by atoms with van der Waals surface area (Å²) in [6.07, 6.45) is 5.00. The average molecular weight is 290 g/mol. The van der Waals surface area contributed by atoms with E-state index in [0.717, 1.165) is 51.7 Å². The van der Waals surface area contributed by atoms with E-state index >= 15 is 0 Å². The third kappa shape index (κ3) is 5.38. The first-order valence-corrected chi connectivity index (χ1v) is 7.97. The smallest absolute Gasteiger partial charge is 0.317 e. The highest BCUT2D eigenvalue weighted by Crippen LogP contribution is 2.16. The molecule has 0 bridgehead atoms. The molecule has 2 N–H and O–H groups in total. The standard InChI is InChI=1S/C17H26N2O2/c20-14-16-9-12-19(13-10-16)17(21)18-11-5-4-8-15-6-2-1-3-7-15/h1-3,6-7,16,20H,4-5,8-14H2,(H,18,21). The van der Waals surface area contributed by atoms with Crippen LogP contribution in [0.25, 0.3) is 0 Å². The van der Waals surface area contributed by atoms with Gasteiger partial charge >= 0.3 is 6.03 Å². The second-order valence-corrected chi connectivity index (χ2v) is 5.79. The van der Waals surface area contributed by atoms with Gasteiger partial charge in [0.25, 0.3) is 0 Å². The predicted octanol–water partition coefficient (Wildman–Crippen LogP) is 2.42. The quantitative estimate of drug-likeness (QED) is 0.791. The number of nitrogens with one attached hydrogen (secondary N) is 1. The lowest BCUT2D eigenvalue weighted by Gasteiger charge is -2.31. The van der Waals surface area contributed by atoms with E-state index in [0.29, 0.717) is 5.92 Å². The molecule has 1 saturated heterocycles. The number of hydrogen-bond donors (Lipinski definition) is 2. The molecule has 116 valence electrons. The Morgan fingerprint density at radius 3 is 2.57 bits per heavy atom. The summed E-state index contributed by atoms with van der Waals surface area (Å²) in [6.45, 7) is 2.52. The Morgan fingerprint density at radius 2 is 1.90 bits per heavy atom. The van der Waals surface area contributed by atoms with Crippen molar-refractivity contribution >= 4 is 6.03 Å². The van der Waals surface area contributed by atoms with Crippen LogP contribution in [-0.4, -0.2) is 42.3 Å². The Kier molecular flexibility index (Phi) is 6.54. The van der Waals surface area contributed by atoms with Crippen molar-refractivity contribution in [2.24, 2.45) is 5.92 Å². The van der Waals surface area contributed by atoms with Crippen LogP contribution in [0.15, 0.2) is 30.3 Å². The van der Waals surface area contributed by atoms with Crippen molar-refractivity contribution in [1.29, 1.82) is 0 Å². The fraction of sp³-hybridized carbons (Fsp3) is 0.588. The van der Waals surface area contributed by atoms with E-state index in [2.05, 4.69) is 29.6 Å². The van der Waals surface area contributed by atoms with E-state index in [9.17, 15) is 4.79 Å². The number of aryl methyl sites for hydroxylation is 1. The monoisotopic (exact) mass is 290 g/mol. The number of unbranched alkanes of at least 4 members (excludes halogenated alkanes) is 1. The molecule has 0 aromatic heterocycles. The minimum absolute atomic E-state index is 0.0473. The molecule has 1 aromatic carbocycles. The molecule has 2 rings (SSSR count). The summed E-state index contributed by atoms with van der Waals surface area (Å²) in [5.41, 5.74) is 1.36. The number of rotatable bonds is 6. The van der Waals surface area contributed by atoms with E-state index < -0.39 is 0 Å². The predicted molar refractivity (Wildman–Crippen MR) is 84.2 cm³/mol. The minimum Gasteiger partial charge on any atom is -0.396 e. The van der Waals surface area contributed by atoms with Crippen molar-refractivity contribution in [3.05, 3.63) is 35.9 Å². The van der Waals surface area contributed by atoms with Crippen molar-refractivity contribution in [1.82, 2.24) is 10.2 Å². The van der Waals surface area contributed by atoms with Gasteiger partial charge in [-0.3, -0.25) is 0 Å². The van der Waals surface area contributed by atoms with Crippen LogP contribution in [0.2, 0.25) is 0 Å². The van der Waals surface area contributed by atoms with E-state index in [1.54, 1.807) is 0 Å². The summed E-state index contributed by atoms with van der Waals surface area (Å²) in [5, 5.41) is 12.1. The Hall–Kier alpha value is -1.55. The minimum atomic E-state index is 0.0473. The highest BCUT2D eigenvalue weighted by molar-refractivity contribution is 5.74. The van der Waals surface area contributed by atoms with Gasteiger partial charge < -0.3 is 15.3 Å². The molecule has 0 radical (unpaired) electrons. The maximum absolute atomic E-state index is 12.0. The molecule has 0 aliphatic carbocycles. The maximum atomic E-state index is 12.0. The first kappa shape index (κ1) is 15.8. The number of piperidine rings is 1. The first-order chi connectivity index (χ1) is 10.3. The molecule has 2 amide bonds. The average Bonchev–Trinajstić information content (AvgIpc) is 2.55. The molecule has 4 nitrogen and oxygen atoms in total. The van der Waals surface area contributed by atoms with Crippen LogP contribution >= 0.6 is 0 Å². The summed E-state index contributed by atoms with van der Waals surface area (Å²) < 4.78 is 0. The van der Waals surface area contributed by atoms with Gasteiger partial charge in [-0.1, -0.05) is 30.3 Å². The third-order valence-corrected chi connectivity index (χ3v) is 4.17. The highest BCUT2D eigenvalue weighted by atomic mass is 16.3. The lowest BCUT2D eigenvalue weighted by atomic mass is 9.98. The Balaban J connectivity index is 1.55. The van der Waals surface area contributed by atoms with Crippen LogP contribution in [-0.2, 0) is 6.42 Å². The zero-order valence-electron chi connectivity index (χ0n) is 12.6. The summed E-state index contributed by atoms with van der Waals surface area (Å²) >= 11 is 0. The number of aliphatic hydroxyl groups excluding tert-OH is 1. The van der Waals surface area contributed by atoms with E-state index in [1.807, 2.05) is 11.0 Å². The van der Waals surface area contributed by atoms with Gasteiger partial charge in [-0.25, -0.2) is 4.79 Å². The highest BCUT2D eigenvalue weighted by Gasteiger charge is 2.21. The van der Waals surface area contributed by atoms with Gasteiger partial charge in [0.15, 0.2) is 0 Å². The van der Waals surface area contributed by atoms with E-state index in [1.165, 1.54) is 5.56 Å². The topological polar surface area (TPSA) is 52.6 Å². The van der Waals surface area contributed by atoms with Crippen LogP contribution in [0.5, 0.6) is 0 Å². The number of carbonyl (C=O) groups excluding carboxylic acids is 1. The fourth-order valence-corrected chi connectivity index (χ4v) is 2.72. The molecule has 1 aromatic rings. The number of benzene rings is 1. The molecule has 1 fully saturated rings. The van der Waals surface area contributed by atoms with Crippen molar-refractivity contribution < 1.29 is 9.90 Å². The number of likely N-dealkylation sites (tertiary alicyclic amines) is 1. The lowest BCUT2D eigenvalue weighted by molar-refractivity contribution is 0.137. The van der Waals surface area contributed by atoms with Crippen molar-refractivity contribution in [3.63, 3.8) is 0 Å². The van der Waals surface area contributed by atoms with Crippen molar-refractivity contribution in [3.8, 4) is 0 Å². The molecule has 4 heteroatoms. The van der Waals surface area contributed by atoms with Gasteiger partial charge in [0.1, 0.15) is 0 Å². The fourth-order valence-electron chi connectivity index (χ4n) is 2.72. The third-order valence-electron chi connectivity index (χ3n) is 4.17. The number of amides is 2. The molecular formula is C17H26N2O2. The zero-order valence-corrected chi connectivity index (χ0v) is 12.6. The maximum Gasteiger partial charge on any atom is 0.317 e. The molecule has 0 spiro atoms. The van der Waals surface area contributed by atoms with Crippen molar-refractivity contribution in [2.45, 2.75) is 32.1 Å². The number of nitrogens with zero attached hydrogens (tertiary/aromatic N) is 1. The summed E-state index contributed by atoms with van der Waals surface area (Å²) in [6, 6.07) is 10.5. The van der Waals surface area contributed by atoms with Gasteiger partial charge in [0.2, 0.25) is 0 Å². The molecular weight excluding hydrogens is 264 g/mol. The lowest BCUT2D eigenvalue weighted by Crippen LogP contribution is -2.45. The van der Waals surface area contributed by atoms with Crippen LogP contribution in [0, 0.1) is 5.92 Å². The summed E-state index contributed by atoms with van der Waals surface area (Å²) in [5.74, 6) is 0.375. The molecule has 0 unspecified atom stereocenters. The molecule has 0 saturated carbocycles. The Labute approximate surface area is 127 Å². The Morgan fingerprint density at radius 1 is 1.19 bits per heavy atom. The first-order valence-electron chi connectivity index (χ1n) is 7.97. The van der Waals surface area contributed by atoms with Gasteiger partial charge in [-0.2, -0.15) is 0 Å². The second kappa shape index (κ2) is 8.67. The number of aliphatic hydroxyl groups is 1. The molecule has 1 aliphatic heterocycles. The van der Waals surface area contributed by atoms with Gasteiger partial charge in [-0.05, 0) is 43.6 Å². The summed E-state index contributed by atoms with van der Waals surface area (Å²) in [7, 11) is 0. The van der Waals surface area contributed by atoms with Crippen LogP contribution in [0.3, 0.4) is 0 Å². The number of hydrogen-bond acceptors (Lipinski definition) is 2. The van der Waals surface area contributed by atoms with Crippen LogP contribution in [0.1, 0.15) is 31.2 Å². The molecule has 1 aliphatic rings. The van der Waals surface area contributed by atoms with Crippen molar-refractivity contribution in [2.75, 3.05) is 26.2 Å². The van der Waals surface area contributed by atoms with Gasteiger partial charge in [0, 0.05) is 26.2 Å².